The Morgan fingerprint density at radius 2 is 1.89 bits per heavy atom. The Morgan fingerprint density at radius 3 is 2.67 bits per heavy atom. The van der Waals surface area contributed by atoms with E-state index in [0.717, 1.165) is 25.1 Å². The van der Waals surface area contributed by atoms with Gasteiger partial charge in [-0.2, -0.15) is 0 Å². The Hall–Kier alpha value is -1.09. The molecule has 1 aromatic rings. The molecule has 0 radical (unpaired) electrons. The van der Waals surface area contributed by atoms with Gasteiger partial charge in [0.2, 0.25) is 0 Å². The van der Waals surface area contributed by atoms with Crippen molar-refractivity contribution in [3.8, 4) is 0 Å². The summed E-state index contributed by atoms with van der Waals surface area (Å²) in [4.78, 5) is 7.38. The number of pyridine rings is 1. The number of anilines is 1. The molecule has 2 bridgehead atoms. The van der Waals surface area contributed by atoms with Crippen LogP contribution in [-0.2, 0) is 12.8 Å². The summed E-state index contributed by atoms with van der Waals surface area (Å²) < 4.78 is 0. The van der Waals surface area contributed by atoms with Crippen molar-refractivity contribution < 1.29 is 5.11 Å². The fourth-order valence-corrected chi connectivity index (χ4v) is 4.08. The number of rotatable bonds is 1. The summed E-state index contributed by atoms with van der Waals surface area (Å²) in [6.07, 6.45) is 7.82. The van der Waals surface area contributed by atoms with Crippen LogP contribution >= 0.6 is 0 Å². The summed E-state index contributed by atoms with van der Waals surface area (Å²) >= 11 is 0. The highest BCUT2D eigenvalue weighted by Crippen LogP contribution is 2.39. The Labute approximate surface area is 108 Å². The lowest BCUT2D eigenvalue weighted by atomic mass is 10.00. The van der Waals surface area contributed by atoms with Crippen LogP contribution in [0, 0.1) is 0 Å². The van der Waals surface area contributed by atoms with Crippen molar-refractivity contribution >= 4 is 5.82 Å². The van der Waals surface area contributed by atoms with Crippen molar-refractivity contribution in [2.24, 2.45) is 0 Å². The first-order valence-electron chi connectivity index (χ1n) is 7.26. The van der Waals surface area contributed by atoms with Crippen molar-refractivity contribution in [2.45, 2.75) is 63.1 Å². The minimum absolute atomic E-state index is 0.0897. The van der Waals surface area contributed by atoms with Gasteiger partial charge in [0.1, 0.15) is 5.82 Å². The normalized spacial score (nSPS) is 33.8. The van der Waals surface area contributed by atoms with Crippen LogP contribution in [-0.4, -0.2) is 28.3 Å². The van der Waals surface area contributed by atoms with E-state index in [-0.39, 0.29) is 6.10 Å². The molecule has 2 atom stereocenters. The Bertz CT molecular complexity index is 460. The smallest absolute Gasteiger partial charge is 0.129 e. The molecule has 96 valence electrons. The predicted octanol–water partition coefficient (Wildman–Crippen LogP) is 2.06. The largest absolute Gasteiger partial charge is 0.393 e. The second-order valence-electron chi connectivity index (χ2n) is 6.05. The summed E-state index contributed by atoms with van der Waals surface area (Å²) in [6.45, 7) is 0. The molecule has 1 N–H and O–H groups in total. The number of hydrogen-bond donors (Lipinski definition) is 1. The maximum atomic E-state index is 9.86. The number of aliphatic hydroxyl groups is 1. The van der Waals surface area contributed by atoms with Crippen LogP contribution in [0.5, 0.6) is 0 Å². The molecule has 2 aliphatic heterocycles. The fourth-order valence-electron chi connectivity index (χ4n) is 4.08. The van der Waals surface area contributed by atoms with E-state index in [0.29, 0.717) is 12.1 Å². The molecule has 1 aliphatic carbocycles. The van der Waals surface area contributed by atoms with Crippen LogP contribution in [0.1, 0.15) is 43.4 Å². The molecule has 0 aromatic carbocycles. The fraction of sp³-hybridized carbons (Fsp3) is 0.667. The second-order valence-corrected chi connectivity index (χ2v) is 6.05. The van der Waals surface area contributed by atoms with Gasteiger partial charge in [-0.25, -0.2) is 4.98 Å². The van der Waals surface area contributed by atoms with E-state index >= 15 is 0 Å². The van der Waals surface area contributed by atoms with Crippen molar-refractivity contribution in [1.29, 1.82) is 0 Å². The molecule has 0 spiro atoms. The van der Waals surface area contributed by atoms with Gasteiger partial charge in [-0.15, -0.1) is 0 Å². The van der Waals surface area contributed by atoms with Crippen molar-refractivity contribution in [3.63, 3.8) is 0 Å². The Kier molecular flexibility index (Phi) is 2.37. The molecule has 3 heterocycles. The van der Waals surface area contributed by atoms with E-state index in [9.17, 15) is 5.11 Å². The van der Waals surface area contributed by atoms with Gasteiger partial charge in [0.05, 0.1) is 6.10 Å². The van der Waals surface area contributed by atoms with Crippen LogP contribution < -0.4 is 4.90 Å². The van der Waals surface area contributed by atoms with Crippen LogP contribution in [0.2, 0.25) is 0 Å². The topological polar surface area (TPSA) is 36.4 Å². The number of nitrogens with zero attached hydrogens (tertiary/aromatic N) is 2. The summed E-state index contributed by atoms with van der Waals surface area (Å²) in [5.41, 5.74) is 2.76. The van der Waals surface area contributed by atoms with Gasteiger partial charge in [0.15, 0.2) is 0 Å². The van der Waals surface area contributed by atoms with E-state index in [1.807, 2.05) is 0 Å². The van der Waals surface area contributed by atoms with Crippen molar-refractivity contribution in [2.75, 3.05) is 4.90 Å². The molecule has 4 rings (SSSR count). The summed E-state index contributed by atoms with van der Waals surface area (Å²) in [5, 5.41) is 9.86. The molecule has 2 unspecified atom stereocenters. The van der Waals surface area contributed by atoms with E-state index in [2.05, 4.69) is 17.0 Å². The van der Waals surface area contributed by atoms with Crippen LogP contribution in [0.25, 0.3) is 0 Å². The van der Waals surface area contributed by atoms with Gasteiger partial charge in [-0.3, -0.25) is 0 Å². The zero-order valence-electron chi connectivity index (χ0n) is 10.7. The van der Waals surface area contributed by atoms with Crippen molar-refractivity contribution in [3.05, 3.63) is 23.4 Å². The lowest BCUT2D eigenvalue weighted by Gasteiger charge is -2.38. The van der Waals surface area contributed by atoms with E-state index in [1.54, 1.807) is 0 Å². The van der Waals surface area contributed by atoms with E-state index in [4.69, 9.17) is 4.98 Å². The van der Waals surface area contributed by atoms with E-state index in [1.165, 1.54) is 36.9 Å². The average Bonchev–Trinajstić information content (AvgIpc) is 2.91. The van der Waals surface area contributed by atoms with Crippen LogP contribution in [0.15, 0.2) is 12.1 Å². The monoisotopic (exact) mass is 244 g/mol. The molecule has 2 fully saturated rings. The number of aromatic nitrogens is 1. The molecular formula is C15H20N2O. The van der Waals surface area contributed by atoms with E-state index < -0.39 is 0 Å². The molecule has 1 aromatic heterocycles. The van der Waals surface area contributed by atoms with Gasteiger partial charge in [0, 0.05) is 17.8 Å². The zero-order chi connectivity index (χ0) is 12.1. The van der Waals surface area contributed by atoms with Gasteiger partial charge in [-0.1, -0.05) is 6.07 Å². The first-order chi connectivity index (χ1) is 8.81. The average molecular weight is 244 g/mol. The SMILES string of the molecule is OC1CC2CCC(C1)N2c1ccc2c(n1)CCC2. The first-order valence-corrected chi connectivity index (χ1v) is 7.26. The second kappa shape index (κ2) is 3.95. The number of aliphatic hydroxyl groups excluding tert-OH is 1. The lowest BCUT2D eigenvalue weighted by Crippen LogP contribution is -2.45. The third-order valence-electron chi connectivity index (χ3n) is 4.89. The highest BCUT2D eigenvalue weighted by molar-refractivity contribution is 5.47. The Morgan fingerprint density at radius 1 is 1.11 bits per heavy atom. The van der Waals surface area contributed by atoms with Crippen LogP contribution in [0.3, 0.4) is 0 Å². The van der Waals surface area contributed by atoms with Crippen LogP contribution in [0.4, 0.5) is 5.82 Å². The highest BCUT2D eigenvalue weighted by Gasteiger charge is 2.40. The first kappa shape index (κ1) is 10.8. The summed E-state index contributed by atoms with van der Waals surface area (Å²) in [6, 6.07) is 5.51. The minimum atomic E-state index is -0.0897. The van der Waals surface area contributed by atoms with Gasteiger partial charge in [0.25, 0.3) is 0 Å². The Balaban J connectivity index is 1.67. The standard InChI is InChI=1S/C15H20N2O/c18-13-8-11-5-6-12(9-13)17(11)15-7-4-10-2-1-3-14(10)16-15/h4,7,11-13,18H,1-3,5-6,8-9H2. The maximum Gasteiger partial charge on any atom is 0.129 e. The minimum Gasteiger partial charge on any atom is -0.393 e. The molecule has 3 aliphatic rings. The summed E-state index contributed by atoms with van der Waals surface area (Å²) in [5.74, 6) is 1.16. The number of aryl methyl sites for hydroxylation is 2. The number of hydrogen-bond acceptors (Lipinski definition) is 3. The molecule has 18 heavy (non-hydrogen) atoms. The molecule has 0 saturated carbocycles. The molecule has 3 nitrogen and oxygen atoms in total. The molecule has 2 saturated heterocycles. The van der Waals surface area contributed by atoms with Gasteiger partial charge < -0.3 is 10.0 Å². The quantitative estimate of drug-likeness (QED) is 0.821. The predicted molar refractivity (Wildman–Crippen MR) is 70.8 cm³/mol. The lowest BCUT2D eigenvalue weighted by molar-refractivity contribution is 0.126. The third kappa shape index (κ3) is 1.57. The zero-order valence-corrected chi connectivity index (χ0v) is 10.7. The third-order valence-corrected chi connectivity index (χ3v) is 4.89. The van der Waals surface area contributed by atoms with Crippen molar-refractivity contribution in [1.82, 2.24) is 4.98 Å². The number of fused-ring (bicyclic) bond motifs is 3. The molecule has 0 amide bonds. The van der Waals surface area contributed by atoms with Gasteiger partial charge in [-0.05, 0) is 56.6 Å². The highest BCUT2D eigenvalue weighted by atomic mass is 16.3. The van der Waals surface area contributed by atoms with Gasteiger partial charge >= 0.3 is 0 Å². The molecular weight excluding hydrogens is 224 g/mol. The molecule has 3 heteroatoms. The number of piperidine rings is 1. The summed E-state index contributed by atoms with van der Waals surface area (Å²) in [7, 11) is 0. The maximum absolute atomic E-state index is 9.86.